The van der Waals surface area contributed by atoms with Gasteiger partial charge in [-0.2, -0.15) is 0 Å². The van der Waals surface area contributed by atoms with Crippen molar-refractivity contribution in [1.29, 1.82) is 0 Å². The summed E-state index contributed by atoms with van der Waals surface area (Å²) in [5.41, 5.74) is 6.94. The molecule has 0 bridgehead atoms. The second-order valence-corrected chi connectivity index (χ2v) is 8.06. The van der Waals surface area contributed by atoms with E-state index in [1.165, 1.54) is 22.3 Å². The maximum absolute atomic E-state index is 4.13. The van der Waals surface area contributed by atoms with Crippen molar-refractivity contribution in [3.05, 3.63) is 83.9 Å². The second-order valence-electron chi connectivity index (χ2n) is 8.06. The molecule has 4 rings (SSSR count). The number of aromatic amines is 1. The van der Waals surface area contributed by atoms with Crippen LogP contribution in [0.2, 0.25) is 0 Å². The molecule has 0 aliphatic rings. The van der Waals surface area contributed by atoms with Crippen LogP contribution in [-0.2, 0) is 13.1 Å². The molecule has 5 heteroatoms. The number of benzene rings is 3. The van der Waals surface area contributed by atoms with Gasteiger partial charge in [0.2, 0.25) is 0 Å². The summed E-state index contributed by atoms with van der Waals surface area (Å²) in [6.07, 6.45) is 1.16. The highest BCUT2D eigenvalue weighted by atomic mass is 15.3. The van der Waals surface area contributed by atoms with Gasteiger partial charge in [0.05, 0.1) is 5.52 Å². The third kappa shape index (κ3) is 5.32. The Morgan fingerprint density at radius 1 is 0.733 bits per heavy atom. The molecule has 0 amide bonds. The van der Waals surface area contributed by atoms with Crippen LogP contribution in [0.5, 0.6) is 0 Å². The Morgan fingerprint density at radius 3 is 2.23 bits per heavy atom. The van der Waals surface area contributed by atoms with Gasteiger partial charge in [-0.25, -0.2) is 0 Å². The monoisotopic (exact) mass is 399 g/mol. The summed E-state index contributed by atoms with van der Waals surface area (Å²) in [5, 5.41) is 10.9. The minimum absolute atomic E-state index is 0.898. The number of rotatable bonds is 9. The minimum Gasteiger partial charge on any atom is -0.302 e. The van der Waals surface area contributed by atoms with E-state index in [2.05, 4.69) is 106 Å². The maximum atomic E-state index is 4.13. The average molecular weight is 400 g/mol. The Kier molecular flexibility index (Phi) is 6.52. The van der Waals surface area contributed by atoms with Crippen molar-refractivity contribution in [1.82, 2.24) is 25.2 Å². The topological polar surface area (TPSA) is 48.0 Å². The molecule has 0 saturated heterocycles. The fourth-order valence-electron chi connectivity index (χ4n) is 3.85. The molecule has 1 heterocycles. The van der Waals surface area contributed by atoms with E-state index in [1.807, 2.05) is 6.07 Å². The zero-order chi connectivity index (χ0) is 20.8. The fourth-order valence-corrected chi connectivity index (χ4v) is 3.85. The molecule has 0 unspecified atom stereocenters. The van der Waals surface area contributed by atoms with Gasteiger partial charge in [-0.15, -0.1) is 5.10 Å². The summed E-state index contributed by atoms with van der Waals surface area (Å²) in [6, 6.07) is 25.7. The minimum atomic E-state index is 0.898. The molecular formula is C25H29N5. The summed E-state index contributed by atoms with van der Waals surface area (Å²) in [5.74, 6) is 0. The van der Waals surface area contributed by atoms with Crippen LogP contribution in [0.25, 0.3) is 22.2 Å². The number of hydrogen-bond acceptors (Lipinski definition) is 4. The highest BCUT2D eigenvalue weighted by molar-refractivity contribution is 5.80. The van der Waals surface area contributed by atoms with Crippen LogP contribution < -0.4 is 0 Å². The first-order chi connectivity index (χ1) is 14.7. The number of nitrogens with one attached hydrogen (secondary N) is 1. The molecule has 1 N–H and O–H groups in total. The van der Waals surface area contributed by atoms with Crippen molar-refractivity contribution in [2.75, 3.05) is 27.2 Å². The standard InChI is InChI=1S/C25H29N5/c1-29(18-20-8-4-3-5-9-20)14-7-15-30(2)19-21-10-6-11-22(16-21)23-12-13-24-25(17-23)27-28-26-24/h3-6,8-13,16-17H,7,14-15,18-19H2,1-2H3,(H,26,27,28). The quantitative estimate of drug-likeness (QED) is 0.448. The molecule has 30 heavy (non-hydrogen) atoms. The van der Waals surface area contributed by atoms with E-state index in [0.29, 0.717) is 0 Å². The molecule has 0 aliphatic carbocycles. The lowest BCUT2D eigenvalue weighted by molar-refractivity contribution is 0.270. The molecule has 0 saturated carbocycles. The summed E-state index contributed by atoms with van der Waals surface area (Å²) in [7, 11) is 4.40. The SMILES string of the molecule is CN(CCCN(C)Cc1cccc(-c2ccc3[nH]nnc3c2)c1)Cc1ccccc1. The number of aromatic nitrogens is 3. The normalized spacial score (nSPS) is 11.6. The van der Waals surface area contributed by atoms with Crippen molar-refractivity contribution in [3.8, 4) is 11.1 Å². The molecule has 0 atom stereocenters. The Balaban J connectivity index is 1.29. The molecule has 1 aromatic heterocycles. The van der Waals surface area contributed by atoms with Crippen LogP contribution in [0.3, 0.4) is 0 Å². The van der Waals surface area contributed by atoms with Crippen LogP contribution in [-0.4, -0.2) is 52.4 Å². The number of fused-ring (bicyclic) bond motifs is 1. The van der Waals surface area contributed by atoms with E-state index in [0.717, 1.165) is 43.6 Å². The van der Waals surface area contributed by atoms with Crippen molar-refractivity contribution in [2.24, 2.45) is 0 Å². The summed E-state index contributed by atoms with van der Waals surface area (Å²) in [6.45, 7) is 4.12. The first-order valence-corrected chi connectivity index (χ1v) is 10.5. The highest BCUT2D eigenvalue weighted by Crippen LogP contribution is 2.23. The summed E-state index contributed by atoms with van der Waals surface area (Å²) < 4.78 is 0. The van der Waals surface area contributed by atoms with Gasteiger partial charge >= 0.3 is 0 Å². The fraction of sp³-hybridized carbons (Fsp3) is 0.280. The molecule has 5 nitrogen and oxygen atoms in total. The zero-order valence-electron chi connectivity index (χ0n) is 17.8. The van der Waals surface area contributed by atoms with Gasteiger partial charge in [-0.05, 0) is 74.1 Å². The molecule has 3 aromatic carbocycles. The van der Waals surface area contributed by atoms with Gasteiger partial charge in [-0.3, -0.25) is 5.10 Å². The highest BCUT2D eigenvalue weighted by Gasteiger charge is 2.06. The van der Waals surface area contributed by atoms with Gasteiger partial charge in [-0.1, -0.05) is 59.8 Å². The predicted molar refractivity (Wildman–Crippen MR) is 123 cm³/mol. The van der Waals surface area contributed by atoms with E-state index < -0.39 is 0 Å². The maximum Gasteiger partial charge on any atom is 0.113 e. The van der Waals surface area contributed by atoms with E-state index >= 15 is 0 Å². The molecule has 0 aliphatic heterocycles. The van der Waals surface area contributed by atoms with E-state index in [-0.39, 0.29) is 0 Å². The zero-order valence-corrected chi connectivity index (χ0v) is 17.8. The van der Waals surface area contributed by atoms with Crippen molar-refractivity contribution >= 4 is 11.0 Å². The number of H-pyrrole nitrogens is 1. The Bertz CT molecular complexity index is 1070. The first-order valence-electron chi connectivity index (χ1n) is 10.5. The van der Waals surface area contributed by atoms with Crippen molar-refractivity contribution in [2.45, 2.75) is 19.5 Å². The number of hydrogen-bond donors (Lipinski definition) is 1. The smallest absolute Gasteiger partial charge is 0.113 e. The first kappa shape index (κ1) is 20.3. The van der Waals surface area contributed by atoms with Crippen LogP contribution in [0.15, 0.2) is 72.8 Å². The third-order valence-corrected chi connectivity index (χ3v) is 5.41. The molecule has 0 fully saturated rings. The lowest BCUT2D eigenvalue weighted by Crippen LogP contribution is -2.25. The largest absolute Gasteiger partial charge is 0.302 e. The lowest BCUT2D eigenvalue weighted by Gasteiger charge is -2.20. The average Bonchev–Trinajstić information content (AvgIpc) is 3.22. The Hall–Kier alpha value is -3.02. The third-order valence-electron chi connectivity index (χ3n) is 5.41. The van der Waals surface area contributed by atoms with E-state index in [1.54, 1.807) is 0 Å². The lowest BCUT2D eigenvalue weighted by atomic mass is 10.0. The van der Waals surface area contributed by atoms with Gasteiger partial charge in [0.15, 0.2) is 0 Å². The van der Waals surface area contributed by atoms with Gasteiger partial charge in [0, 0.05) is 13.1 Å². The van der Waals surface area contributed by atoms with Crippen molar-refractivity contribution < 1.29 is 0 Å². The summed E-state index contributed by atoms with van der Waals surface area (Å²) >= 11 is 0. The van der Waals surface area contributed by atoms with Crippen LogP contribution >= 0.6 is 0 Å². The van der Waals surface area contributed by atoms with Crippen LogP contribution in [0.4, 0.5) is 0 Å². The Morgan fingerprint density at radius 2 is 1.43 bits per heavy atom. The molecule has 0 radical (unpaired) electrons. The number of nitrogens with zero attached hydrogens (tertiary/aromatic N) is 4. The molecule has 4 aromatic rings. The van der Waals surface area contributed by atoms with Crippen LogP contribution in [0, 0.1) is 0 Å². The summed E-state index contributed by atoms with van der Waals surface area (Å²) in [4.78, 5) is 4.79. The van der Waals surface area contributed by atoms with Crippen LogP contribution in [0.1, 0.15) is 17.5 Å². The Labute approximate surface area is 178 Å². The van der Waals surface area contributed by atoms with Gasteiger partial charge < -0.3 is 9.80 Å². The van der Waals surface area contributed by atoms with E-state index in [4.69, 9.17) is 0 Å². The molecule has 0 spiro atoms. The van der Waals surface area contributed by atoms with Crippen molar-refractivity contribution in [3.63, 3.8) is 0 Å². The second kappa shape index (κ2) is 9.65. The van der Waals surface area contributed by atoms with E-state index in [9.17, 15) is 0 Å². The van der Waals surface area contributed by atoms with Gasteiger partial charge in [0.1, 0.15) is 5.52 Å². The predicted octanol–water partition coefficient (Wildman–Crippen LogP) is 4.58. The molecule has 154 valence electrons. The van der Waals surface area contributed by atoms with Gasteiger partial charge in [0.25, 0.3) is 0 Å². The molecular weight excluding hydrogens is 370 g/mol.